The van der Waals surface area contributed by atoms with Crippen molar-refractivity contribution in [1.82, 2.24) is 0 Å². The Bertz CT molecular complexity index is 181. The molecular formula is C9H15OP. The third kappa shape index (κ3) is 4.00. The van der Waals surface area contributed by atoms with Crippen molar-refractivity contribution in [3.63, 3.8) is 0 Å². The van der Waals surface area contributed by atoms with E-state index in [0.29, 0.717) is 0 Å². The van der Waals surface area contributed by atoms with Crippen LogP contribution in [0.25, 0.3) is 0 Å². The highest BCUT2D eigenvalue weighted by Gasteiger charge is 1.85. The van der Waals surface area contributed by atoms with Crippen LogP contribution in [0.1, 0.15) is 13.8 Å². The van der Waals surface area contributed by atoms with Gasteiger partial charge in [-0.15, -0.1) is 9.24 Å². The first-order valence-electron chi connectivity index (χ1n) is 3.72. The summed E-state index contributed by atoms with van der Waals surface area (Å²) in [5.74, 6) is 0.904. The Kier molecular flexibility index (Phi) is 5.87. The fourth-order valence-corrected chi connectivity index (χ4v) is 0.796. The predicted molar refractivity (Wildman–Crippen MR) is 53.7 cm³/mol. The number of hydrogen-bond donors (Lipinski definition) is 0. The van der Waals surface area contributed by atoms with Gasteiger partial charge >= 0.3 is 0 Å². The Morgan fingerprint density at radius 2 is 1.55 bits per heavy atom. The molecule has 0 aliphatic heterocycles. The lowest BCUT2D eigenvalue weighted by Crippen LogP contribution is -1.88. The van der Waals surface area contributed by atoms with Crippen molar-refractivity contribution < 1.29 is 4.74 Å². The lowest BCUT2D eigenvalue weighted by molar-refractivity contribution is 0.415. The molecule has 0 bridgehead atoms. The maximum Gasteiger partial charge on any atom is 0.118 e. The number of methoxy groups -OCH3 is 1. The molecule has 1 aromatic carbocycles. The molecule has 0 saturated carbocycles. The molecule has 1 rings (SSSR count). The molecule has 0 N–H and O–H groups in total. The summed E-state index contributed by atoms with van der Waals surface area (Å²) in [5, 5.41) is 1.18. The second-order valence-corrected chi connectivity index (χ2v) is 2.44. The van der Waals surface area contributed by atoms with Crippen molar-refractivity contribution in [2.24, 2.45) is 0 Å². The number of hydrogen-bond acceptors (Lipinski definition) is 1. The Labute approximate surface area is 71.0 Å². The van der Waals surface area contributed by atoms with Gasteiger partial charge in [0.2, 0.25) is 0 Å². The van der Waals surface area contributed by atoms with Gasteiger partial charge in [0.05, 0.1) is 7.11 Å². The van der Waals surface area contributed by atoms with Crippen molar-refractivity contribution in [3.05, 3.63) is 24.3 Å². The summed E-state index contributed by atoms with van der Waals surface area (Å²) < 4.78 is 4.96. The molecular weight excluding hydrogens is 155 g/mol. The average molecular weight is 170 g/mol. The van der Waals surface area contributed by atoms with Crippen LogP contribution in [0, 0.1) is 0 Å². The van der Waals surface area contributed by atoms with E-state index in [2.05, 4.69) is 9.24 Å². The van der Waals surface area contributed by atoms with E-state index < -0.39 is 0 Å². The Balaban J connectivity index is 0.000000461. The van der Waals surface area contributed by atoms with Gasteiger partial charge in [0, 0.05) is 0 Å². The van der Waals surface area contributed by atoms with Gasteiger partial charge in [0.25, 0.3) is 0 Å². The molecule has 11 heavy (non-hydrogen) atoms. The van der Waals surface area contributed by atoms with Gasteiger partial charge in [-0.1, -0.05) is 26.0 Å². The highest BCUT2D eigenvalue weighted by Crippen LogP contribution is 2.06. The molecule has 0 saturated heterocycles. The molecule has 0 aromatic heterocycles. The summed E-state index contributed by atoms with van der Waals surface area (Å²) in [4.78, 5) is 0. The third-order valence-electron chi connectivity index (χ3n) is 1.12. The molecule has 62 valence electrons. The van der Waals surface area contributed by atoms with Crippen LogP contribution in [0.3, 0.4) is 0 Å². The van der Waals surface area contributed by atoms with E-state index in [-0.39, 0.29) is 0 Å². The van der Waals surface area contributed by atoms with Crippen LogP contribution in [-0.4, -0.2) is 7.11 Å². The molecule has 0 aliphatic carbocycles. The van der Waals surface area contributed by atoms with E-state index in [9.17, 15) is 0 Å². The Hall–Kier alpha value is -0.550. The van der Waals surface area contributed by atoms with E-state index in [4.69, 9.17) is 4.74 Å². The van der Waals surface area contributed by atoms with Gasteiger partial charge in [-0.25, -0.2) is 0 Å². The van der Waals surface area contributed by atoms with Crippen LogP contribution in [0.4, 0.5) is 0 Å². The first-order valence-corrected chi connectivity index (χ1v) is 4.30. The average Bonchev–Trinajstić information content (AvgIpc) is 2.10. The Morgan fingerprint density at radius 3 is 1.91 bits per heavy atom. The molecule has 2 heteroatoms. The molecule has 0 radical (unpaired) electrons. The first-order chi connectivity index (χ1) is 5.33. The zero-order valence-electron chi connectivity index (χ0n) is 7.29. The SMILES string of the molecule is CC.COc1ccc(P)cc1. The van der Waals surface area contributed by atoms with Gasteiger partial charge in [-0.3, -0.25) is 0 Å². The number of benzene rings is 1. The molecule has 0 amide bonds. The highest BCUT2D eigenvalue weighted by atomic mass is 31.0. The van der Waals surface area contributed by atoms with Crippen molar-refractivity contribution in [2.75, 3.05) is 7.11 Å². The van der Waals surface area contributed by atoms with Crippen molar-refractivity contribution >= 4 is 14.5 Å². The fraction of sp³-hybridized carbons (Fsp3) is 0.333. The van der Waals surface area contributed by atoms with Crippen LogP contribution >= 0.6 is 9.24 Å². The lowest BCUT2D eigenvalue weighted by atomic mass is 10.3. The van der Waals surface area contributed by atoms with E-state index >= 15 is 0 Å². The maximum absolute atomic E-state index is 4.96. The predicted octanol–water partition coefficient (Wildman–Crippen LogP) is 2.22. The number of rotatable bonds is 1. The molecule has 0 fully saturated rings. The summed E-state index contributed by atoms with van der Waals surface area (Å²) in [6, 6.07) is 7.84. The molecule has 1 unspecified atom stereocenters. The first kappa shape index (κ1) is 10.4. The second-order valence-electron chi connectivity index (χ2n) is 1.77. The second kappa shape index (κ2) is 6.18. The normalized spacial score (nSPS) is 8.00. The molecule has 0 aliphatic rings. The third-order valence-corrected chi connectivity index (χ3v) is 1.50. The van der Waals surface area contributed by atoms with Crippen LogP contribution < -0.4 is 10.0 Å². The van der Waals surface area contributed by atoms with Gasteiger partial charge in [0.1, 0.15) is 5.75 Å². The summed E-state index contributed by atoms with van der Waals surface area (Å²) in [7, 11) is 4.28. The van der Waals surface area contributed by atoms with E-state index in [0.717, 1.165) is 5.75 Å². The maximum atomic E-state index is 4.96. The zero-order valence-corrected chi connectivity index (χ0v) is 8.45. The summed E-state index contributed by atoms with van der Waals surface area (Å²) in [6.45, 7) is 4.00. The molecule has 1 nitrogen and oxygen atoms in total. The standard InChI is InChI=1S/C7H9OP.C2H6/c1-8-6-2-4-7(9)5-3-6;1-2/h2-5H,9H2,1H3;1-2H3. The van der Waals surface area contributed by atoms with Crippen molar-refractivity contribution in [3.8, 4) is 5.75 Å². The minimum atomic E-state index is 0.904. The van der Waals surface area contributed by atoms with E-state index in [1.54, 1.807) is 7.11 Å². The summed E-state index contributed by atoms with van der Waals surface area (Å²) in [5.41, 5.74) is 0. The quantitative estimate of drug-likeness (QED) is 0.587. The largest absolute Gasteiger partial charge is 0.497 e. The van der Waals surface area contributed by atoms with E-state index in [1.807, 2.05) is 38.1 Å². The van der Waals surface area contributed by atoms with Gasteiger partial charge in [-0.2, -0.15) is 0 Å². The number of ether oxygens (including phenoxy) is 1. The van der Waals surface area contributed by atoms with Crippen LogP contribution in [0.15, 0.2) is 24.3 Å². The zero-order chi connectivity index (χ0) is 8.69. The van der Waals surface area contributed by atoms with Crippen molar-refractivity contribution in [1.29, 1.82) is 0 Å². The summed E-state index contributed by atoms with van der Waals surface area (Å²) >= 11 is 0. The molecule has 1 atom stereocenters. The molecule has 1 aromatic rings. The smallest absolute Gasteiger partial charge is 0.118 e. The van der Waals surface area contributed by atoms with Crippen LogP contribution in [0.5, 0.6) is 5.75 Å². The van der Waals surface area contributed by atoms with E-state index in [1.165, 1.54) is 5.30 Å². The van der Waals surface area contributed by atoms with Crippen molar-refractivity contribution in [2.45, 2.75) is 13.8 Å². The lowest BCUT2D eigenvalue weighted by Gasteiger charge is -1.96. The minimum absolute atomic E-state index is 0.904. The van der Waals surface area contributed by atoms with Gasteiger partial charge in [0.15, 0.2) is 0 Å². The van der Waals surface area contributed by atoms with Crippen LogP contribution in [0.2, 0.25) is 0 Å². The minimum Gasteiger partial charge on any atom is -0.497 e. The molecule has 0 heterocycles. The van der Waals surface area contributed by atoms with Gasteiger partial charge < -0.3 is 4.74 Å². The summed E-state index contributed by atoms with van der Waals surface area (Å²) in [6.07, 6.45) is 0. The monoisotopic (exact) mass is 170 g/mol. The fourth-order valence-electron chi connectivity index (χ4n) is 0.604. The topological polar surface area (TPSA) is 9.23 Å². The Morgan fingerprint density at radius 1 is 1.09 bits per heavy atom. The highest BCUT2D eigenvalue weighted by molar-refractivity contribution is 7.27. The molecule has 0 spiro atoms. The van der Waals surface area contributed by atoms with Gasteiger partial charge in [-0.05, 0) is 17.4 Å². The van der Waals surface area contributed by atoms with Crippen LogP contribution in [-0.2, 0) is 0 Å².